The molecular formula is C19H14BrF3N4O2S. The SMILES string of the molecule is O=[N+]([O-])c1ccc(N=Nc2sc(NCCBr)cc2-c2ccccc2)c(C(F)(F)F)c1. The van der Waals surface area contributed by atoms with Crippen LogP contribution in [0.15, 0.2) is 64.8 Å². The molecule has 2 aromatic carbocycles. The number of hydrogen-bond acceptors (Lipinski definition) is 6. The lowest BCUT2D eigenvalue weighted by Crippen LogP contribution is -2.06. The Hall–Kier alpha value is -2.79. The zero-order chi connectivity index (χ0) is 21.7. The zero-order valence-electron chi connectivity index (χ0n) is 15.2. The van der Waals surface area contributed by atoms with Gasteiger partial charge in [-0.2, -0.15) is 13.2 Å². The summed E-state index contributed by atoms with van der Waals surface area (Å²) in [4.78, 5) is 9.95. The van der Waals surface area contributed by atoms with Crippen LogP contribution in [0.1, 0.15) is 5.56 Å². The minimum Gasteiger partial charge on any atom is -0.376 e. The molecule has 0 bridgehead atoms. The zero-order valence-corrected chi connectivity index (χ0v) is 17.6. The van der Waals surface area contributed by atoms with E-state index in [2.05, 4.69) is 31.5 Å². The molecule has 0 spiro atoms. The van der Waals surface area contributed by atoms with Crippen molar-refractivity contribution in [3.8, 4) is 11.1 Å². The lowest BCUT2D eigenvalue weighted by Gasteiger charge is -2.08. The Bertz CT molecular complexity index is 1070. The third kappa shape index (κ3) is 5.22. The monoisotopic (exact) mass is 498 g/mol. The van der Waals surface area contributed by atoms with Crippen molar-refractivity contribution in [2.75, 3.05) is 17.2 Å². The summed E-state index contributed by atoms with van der Waals surface area (Å²) < 4.78 is 40.1. The largest absolute Gasteiger partial charge is 0.418 e. The molecule has 0 aliphatic carbocycles. The van der Waals surface area contributed by atoms with Gasteiger partial charge < -0.3 is 5.32 Å². The fourth-order valence-electron chi connectivity index (χ4n) is 2.59. The van der Waals surface area contributed by atoms with Crippen molar-refractivity contribution >= 4 is 48.6 Å². The van der Waals surface area contributed by atoms with Gasteiger partial charge in [0.05, 0.1) is 21.2 Å². The molecule has 3 aromatic rings. The van der Waals surface area contributed by atoms with Crippen LogP contribution in [0.5, 0.6) is 0 Å². The number of non-ortho nitro benzene ring substituents is 1. The van der Waals surface area contributed by atoms with E-state index >= 15 is 0 Å². The topological polar surface area (TPSA) is 79.9 Å². The summed E-state index contributed by atoms with van der Waals surface area (Å²) in [7, 11) is 0. The number of nitro benzene ring substituents is 1. The number of nitrogens with one attached hydrogen (secondary N) is 1. The summed E-state index contributed by atoms with van der Waals surface area (Å²) in [5.41, 5.74) is -0.804. The molecule has 1 heterocycles. The Kier molecular flexibility index (Phi) is 6.83. The highest BCUT2D eigenvalue weighted by atomic mass is 79.9. The molecule has 0 amide bonds. The summed E-state index contributed by atoms with van der Waals surface area (Å²) in [5.74, 6) is 0. The van der Waals surface area contributed by atoms with Gasteiger partial charge in [-0.05, 0) is 17.7 Å². The number of nitrogens with zero attached hydrogens (tertiary/aromatic N) is 3. The standard InChI is InChI=1S/C19H14BrF3N4O2S/c20-8-9-24-17-11-14(12-4-2-1-3-5-12)18(30-17)26-25-16-7-6-13(27(28)29)10-15(16)19(21,22)23/h1-7,10-11,24H,8-9H2. The minimum atomic E-state index is -4.80. The van der Waals surface area contributed by atoms with E-state index in [4.69, 9.17) is 0 Å². The molecular weight excluding hydrogens is 485 g/mol. The van der Waals surface area contributed by atoms with E-state index in [0.29, 0.717) is 17.6 Å². The second-order valence-electron chi connectivity index (χ2n) is 5.97. The minimum absolute atomic E-state index is 0.421. The van der Waals surface area contributed by atoms with Gasteiger partial charge >= 0.3 is 6.18 Å². The molecule has 11 heteroatoms. The van der Waals surface area contributed by atoms with E-state index in [-0.39, 0.29) is 0 Å². The number of hydrogen-bond donors (Lipinski definition) is 1. The number of azo groups is 1. The molecule has 3 rings (SSSR count). The quantitative estimate of drug-likeness (QED) is 0.158. The summed E-state index contributed by atoms with van der Waals surface area (Å²) in [6.07, 6.45) is -4.80. The van der Waals surface area contributed by atoms with Crippen LogP contribution in [0.2, 0.25) is 0 Å². The Labute approximate surface area is 181 Å². The van der Waals surface area contributed by atoms with E-state index in [9.17, 15) is 23.3 Å². The highest BCUT2D eigenvalue weighted by Gasteiger charge is 2.35. The van der Waals surface area contributed by atoms with Gasteiger partial charge in [0.2, 0.25) is 0 Å². The normalized spacial score (nSPS) is 11.7. The Morgan fingerprint density at radius 1 is 1.10 bits per heavy atom. The van der Waals surface area contributed by atoms with Gasteiger partial charge in [-0.3, -0.25) is 10.1 Å². The van der Waals surface area contributed by atoms with Gasteiger partial charge in [0, 0.05) is 29.6 Å². The van der Waals surface area contributed by atoms with Crippen molar-refractivity contribution in [3.63, 3.8) is 0 Å². The number of alkyl halides is 4. The predicted molar refractivity (Wildman–Crippen MR) is 114 cm³/mol. The average molecular weight is 499 g/mol. The maximum Gasteiger partial charge on any atom is 0.418 e. The molecule has 0 radical (unpaired) electrons. The van der Waals surface area contributed by atoms with Gasteiger partial charge in [0.1, 0.15) is 5.00 Å². The fourth-order valence-corrected chi connectivity index (χ4v) is 3.71. The van der Waals surface area contributed by atoms with Crippen molar-refractivity contribution in [1.82, 2.24) is 0 Å². The van der Waals surface area contributed by atoms with Gasteiger partial charge in [-0.25, -0.2) is 0 Å². The van der Waals surface area contributed by atoms with Crippen LogP contribution < -0.4 is 5.32 Å². The highest BCUT2D eigenvalue weighted by molar-refractivity contribution is 9.09. The molecule has 1 aromatic heterocycles. The first-order chi connectivity index (χ1) is 14.3. The molecule has 1 N–H and O–H groups in total. The lowest BCUT2D eigenvalue weighted by atomic mass is 10.1. The molecule has 0 atom stereocenters. The van der Waals surface area contributed by atoms with Crippen molar-refractivity contribution in [2.24, 2.45) is 10.2 Å². The van der Waals surface area contributed by atoms with Crippen LogP contribution in [-0.4, -0.2) is 16.8 Å². The van der Waals surface area contributed by atoms with Crippen molar-refractivity contribution in [3.05, 3.63) is 70.3 Å². The second kappa shape index (κ2) is 9.35. The Morgan fingerprint density at radius 3 is 2.47 bits per heavy atom. The van der Waals surface area contributed by atoms with E-state index < -0.39 is 28.0 Å². The Morgan fingerprint density at radius 2 is 1.83 bits per heavy atom. The fraction of sp³-hybridized carbons (Fsp3) is 0.158. The number of halogens is 4. The lowest BCUT2D eigenvalue weighted by molar-refractivity contribution is -0.385. The van der Waals surface area contributed by atoms with Crippen LogP contribution in [0, 0.1) is 10.1 Å². The highest BCUT2D eigenvalue weighted by Crippen LogP contribution is 2.43. The first-order valence-electron chi connectivity index (χ1n) is 8.56. The number of thiophene rings is 1. The third-order valence-electron chi connectivity index (χ3n) is 3.94. The predicted octanol–water partition coefficient (Wildman–Crippen LogP) is 7.56. The molecule has 0 aliphatic rings. The van der Waals surface area contributed by atoms with Crippen molar-refractivity contribution in [2.45, 2.75) is 6.18 Å². The van der Waals surface area contributed by atoms with Crippen molar-refractivity contribution in [1.29, 1.82) is 0 Å². The molecule has 0 saturated heterocycles. The molecule has 0 saturated carbocycles. The molecule has 0 aliphatic heterocycles. The van der Waals surface area contributed by atoms with Crippen LogP contribution >= 0.6 is 27.3 Å². The average Bonchev–Trinajstić information content (AvgIpc) is 3.13. The molecule has 0 fully saturated rings. The summed E-state index contributed by atoms with van der Waals surface area (Å²) in [5, 5.41) is 23.8. The summed E-state index contributed by atoms with van der Waals surface area (Å²) >= 11 is 4.58. The number of rotatable bonds is 7. The first kappa shape index (κ1) is 21.9. The van der Waals surface area contributed by atoms with Gasteiger partial charge in [-0.15, -0.1) is 10.2 Å². The Balaban J connectivity index is 2.03. The smallest absolute Gasteiger partial charge is 0.376 e. The van der Waals surface area contributed by atoms with E-state index in [1.807, 2.05) is 36.4 Å². The van der Waals surface area contributed by atoms with Crippen LogP contribution in [0.3, 0.4) is 0 Å². The van der Waals surface area contributed by atoms with E-state index in [1.54, 1.807) is 0 Å². The van der Waals surface area contributed by atoms with Crippen molar-refractivity contribution < 1.29 is 18.1 Å². The van der Waals surface area contributed by atoms with E-state index in [1.165, 1.54) is 11.3 Å². The molecule has 0 unspecified atom stereocenters. The molecule has 30 heavy (non-hydrogen) atoms. The maximum atomic E-state index is 13.4. The molecule has 156 valence electrons. The second-order valence-corrected chi connectivity index (χ2v) is 7.79. The van der Waals surface area contributed by atoms with Crippen LogP contribution in [-0.2, 0) is 6.18 Å². The third-order valence-corrected chi connectivity index (χ3v) is 5.31. The van der Waals surface area contributed by atoms with Gasteiger partial charge in [0.25, 0.3) is 5.69 Å². The van der Waals surface area contributed by atoms with Crippen LogP contribution in [0.25, 0.3) is 11.1 Å². The van der Waals surface area contributed by atoms with Gasteiger partial charge in [-0.1, -0.05) is 57.6 Å². The summed E-state index contributed by atoms with van der Waals surface area (Å²) in [6, 6.07) is 13.5. The number of nitro groups is 1. The van der Waals surface area contributed by atoms with Crippen LogP contribution in [0.4, 0.5) is 34.5 Å². The first-order valence-corrected chi connectivity index (χ1v) is 10.5. The number of benzene rings is 2. The van der Waals surface area contributed by atoms with E-state index in [0.717, 1.165) is 33.6 Å². The molecule has 6 nitrogen and oxygen atoms in total. The number of anilines is 1. The van der Waals surface area contributed by atoms with Gasteiger partial charge in [0.15, 0.2) is 0 Å². The summed E-state index contributed by atoms with van der Waals surface area (Å²) in [6.45, 7) is 0.659. The maximum absolute atomic E-state index is 13.4.